The molecule has 0 spiro atoms. The van der Waals surface area contributed by atoms with Gasteiger partial charge in [0.25, 0.3) is 0 Å². The van der Waals surface area contributed by atoms with E-state index in [1.54, 1.807) is 0 Å². The molecule has 8 heteroatoms. The maximum absolute atomic E-state index is 8.35. The summed E-state index contributed by atoms with van der Waals surface area (Å²) >= 11 is 0. The second-order valence-corrected chi connectivity index (χ2v) is 1.80. The smallest absolute Gasteiger partial charge is 0.400 e. The lowest BCUT2D eigenvalue weighted by atomic mass is 10.1. The number of hydrogen-bond acceptors (Lipinski definition) is 7. The fraction of sp³-hybridized carbons (Fsp3) is 0.400. The zero-order valence-corrected chi connectivity index (χ0v) is 6.28. The van der Waals surface area contributed by atoms with E-state index < -0.39 is 19.3 Å². The van der Waals surface area contributed by atoms with Crippen molar-refractivity contribution in [2.75, 3.05) is 0 Å². The maximum Gasteiger partial charge on any atom is 0.662 e. The lowest BCUT2D eigenvalue weighted by molar-refractivity contribution is -0.258. The van der Waals surface area contributed by atoms with E-state index in [0.717, 1.165) is 0 Å². The van der Waals surface area contributed by atoms with Gasteiger partial charge in [0, 0.05) is 0 Å². The SMILES string of the molecule is N#CC(C#N)C(C#N)OOB(O)O. The first-order valence-corrected chi connectivity index (χ1v) is 3.02. The van der Waals surface area contributed by atoms with E-state index in [1.807, 2.05) is 0 Å². The molecule has 0 aromatic heterocycles. The van der Waals surface area contributed by atoms with Crippen LogP contribution in [0.25, 0.3) is 0 Å². The molecule has 0 fully saturated rings. The monoisotopic (exact) mass is 181 g/mol. The summed E-state index contributed by atoms with van der Waals surface area (Å²) in [6, 6.07) is 4.39. The molecule has 13 heavy (non-hydrogen) atoms. The largest absolute Gasteiger partial charge is 0.662 e. The molecule has 0 heterocycles. The van der Waals surface area contributed by atoms with Crippen molar-refractivity contribution in [1.82, 2.24) is 0 Å². The third-order valence-electron chi connectivity index (χ3n) is 0.953. The number of nitriles is 3. The zero-order valence-electron chi connectivity index (χ0n) is 6.28. The van der Waals surface area contributed by atoms with Crippen LogP contribution < -0.4 is 0 Å². The van der Waals surface area contributed by atoms with E-state index in [2.05, 4.69) is 9.69 Å². The van der Waals surface area contributed by atoms with Crippen LogP contribution in [0.4, 0.5) is 0 Å². The Kier molecular flexibility index (Phi) is 5.21. The van der Waals surface area contributed by atoms with Crippen molar-refractivity contribution in [1.29, 1.82) is 15.8 Å². The van der Waals surface area contributed by atoms with E-state index in [1.165, 1.54) is 18.2 Å². The zero-order chi connectivity index (χ0) is 10.3. The van der Waals surface area contributed by atoms with E-state index in [0.29, 0.717) is 0 Å². The maximum atomic E-state index is 8.35. The van der Waals surface area contributed by atoms with Gasteiger partial charge >= 0.3 is 7.32 Å². The van der Waals surface area contributed by atoms with Crippen LogP contribution in [0.15, 0.2) is 0 Å². The van der Waals surface area contributed by atoms with Gasteiger partial charge in [-0.25, -0.2) is 9.69 Å². The molecule has 7 nitrogen and oxygen atoms in total. The molecule has 0 rings (SSSR count). The Balaban J connectivity index is 4.15. The second-order valence-electron chi connectivity index (χ2n) is 1.80. The Morgan fingerprint density at radius 3 is 1.92 bits per heavy atom. The quantitative estimate of drug-likeness (QED) is 0.305. The number of nitrogens with zero attached hydrogens (tertiary/aromatic N) is 3. The third-order valence-corrected chi connectivity index (χ3v) is 0.953. The number of hydrogen-bond donors (Lipinski definition) is 2. The summed E-state index contributed by atoms with van der Waals surface area (Å²) in [5.74, 6) is -1.34. The summed E-state index contributed by atoms with van der Waals surface area (Å²) in [6.45, 7) is 0. The minimum atomic E-state index is -2.21. The Morgan fingerprint density at radius 1 is 1.08 bits per heavy atom. The van der Waals surface area contributed by atoms with Crippen LogP contribution in [0.3, 0.4) is 0 Å². The molecule has 0 bridgehead atoms. The fourth-order valence-corrected chi connectivity index (χ4v) is 0.425. The Hall–Kier alpha value is -1.63. The van der Waals surface area contributed by atoms with Crippen LogP contribution in [0.2, 0.25) is 0 Å². The highest BCUT2D eigenvalue weighted by Gasteiger charge is 2.25. The van der Waals surface area contributed by atoms with Crippen molar-refractivity contribution in [2.45, 2.75) is 6.10 Å². The average molecular weight is 181 g/mol. The molecule has 1 unspecified atom stereocenters. The Morgan fingerprint density at radius 2 is 1.62 bits per heavy atom. The van der Waals surface area contributed by atoms with Gasteiger partial charge in [0.15, 0.2) is 5.92 Å². The molecule has 66 valence electrons. The van der Waals surface area contributed by atoms with Gasteiger partial charge in [0.2, 0.25) is 6.10 Å². The standard InChI is InChI=1S/C5H4BN3O4/c7-1-4(2-8)5(3-9)12-13-6(10)11/h4-5,10-11H. The molecule has 0 amide bonds. The molecule has 0 radical (unpaired) electrons. The lowest BCUT2D eigenvalue weighted by Gasteiger charge is -2.08. The minimum Gasteiger partial charge on any atom is -0.400 e. The number of rotatable bonds is 4. The van der Waals surface area contributed by atoms with Crippen LogP contribution in [0.1, 0.15) is 0 Å². The fourth-order valence-electron chi connectivity index (χ4n) is 0.425. The van der Waals surface area contributed by atoms with Gasteiger partial charge in [-0.2, -0.15) is 15.8 Å². The van der Waals surface area contributed by atoms with E-state index in [4.69, 9.17) is 25.8 Å². The lowest BCUT2D eigenvalue weighted by Crippen LogP contribution is -2.26. The Labute approximate surface area is 74.0 Å². The third kappa shape index (κ3) is 4.07. The van der Waals surface area contributed by atoms with Crippen molar-refractivity contribution in [3.63, 3.8) is 0 Å². The van der Waals surface area contributed by atoms with Gasteiger partial charge in [-0.1, -0.05) is 0 Å². The van der Waals surface area contributed by atoms with Gasteiger partial charge in [0.1, 0.15) is 6.07 Å². The predicted octanol–water partition coefficient (Wildman–Crippen LogP) is -1.54. The summed E-state index contributed by atoms with van der Waals surface area (Å²) < 4.78 is 0. The van der Waals surface area contributed by atoms with Crippen molar-refractivity contribution in [2.24, 2.45) is 5.92 Å². The molecule has 0 saturated carbocycles. The molecule has 0 aromatic rings. The van der Waals surface area contributed by atoms with E-state index in [9.17, 15) is 0 Å². The predicted molar refractivity (Wildman–Crippen MR) is 36.5 cm³/mol. The van der Waals surface area contributed by atoms with Crippen LogP contribution >= 0.6 is 0 Å². The summed E-state index contributed by atoms with van der Waals surface area (Å²) in [5.41, 5.74) is 0. The first kappa shape index (κ1) is 11.4. The van der Waals surface area contributed by atoms with Gasteiger partial charge in [-0.15, -0.1) is 0 Å². The Bertz CT molecular complexity index is 261. The molecule has 0 aliphatic heterocycles. The van der Waals surface area contributed by atoms with E-state index >= 15 is 0 Å². The van der Waals surface area contributed by atoms with Gasteiger partial charge in [0.05, 0.1) is 12.1 Å². The first-order chi connectivity index (χ1) is 6.15. The summed E-state index contributed by atoms with van der Waals surface area (Å²) in [7, 11) is -2.21. The molecule has 0 aliphatic carbocycles. The first-order valence-electron chi connectivity index (χ1n) is 3.02. The molecule has 0 saturated heterocycles. The molecule has 0 aliphatic rings. The van der Waals surface area contributed by atoms with Gasteiger partial charge < -0.3 is 10.0 Å². The van der Waals surface area contributed by atoms with Gasteiger partial charge in [-0.3, -0.25) is 0 Å². The highest BCUT2D eigenvalue weighted by molar-refractivity contribution is 6.32. The summed E-state index contributed by atoms with van der Waals surface area (Å²) in [4.78, 5) is 7.86. The topological polar surface area (TPSA) is 130 Å². The molecule has 0 aromatic carbocycles. The van der Waals surface area contributed by atoms with Crippen LogP contribution in [-0.4, -0.2) is 23.5 Å². The van der Waals surface area contributed by atoms with Crippen molar-refractivity contribution >= 4 is 7.32 Å². The normalized spacial score (nSPS) is 11.1. The van der Waals surface area contributed by atoms with Crippen molar-refractivity contribution in [3.8, 4) is 18.2 Å². The molecular weight excluding hydrogens is 177 g/mol. The summed E-state index contributed by atoms with van der Waals surface area (Å²) in [5, 5.41) is 41.3. The van der Waals surface area contributed by atoms with Crippen LogP contribution in [0.5, 0.6) is 0 Å². The van der Waals surface area contributed by atoms with Gasteiger partial charge in [-0.05, 0) is 0 Å². The highest BCUT2D eigenvalue weighted by atomic mass is 17.2. The van der Waals surface area contributed by atoms with Crippen molar-refractivity contribution in [3.05, 3.63) is 0 Å². The minimum absolute atomic E-state index is 1.34. The second kappa shape index (κ2) is 5.95. The molecule has 2 N–H and O–H groups in total. The molecule has 1 atom stereocenters. The highest BCUT2D eigenvalue weighted by Crippen LogP contribution is 2.05. The average Bonchev–Trinajstić information content (AvgIpc) is 2.11. The molecular formula is C5H4BN3O4. The van der Waals surface area contributed by atoms with E-state index in [-0.39, 0.29) is 0 Å². The van der Waals surface area contributed by atoms with Crippen LogP contribution in [-0.2, 0) is 9.69 Å². The van der Waals surface area contributed by atoms with Crippen molar-refractivity contribution < 1.29 is 19.7 Å². The van der Waals surface area contributed by atoms with Crippen LogP contribution in [0, 0.1) is 39.9 Å². The summed E-state index contributed by atoms with van der Waals surface area (Å²) in [6.07, 6.45) is -1.48.